The van der Waals surface area contributed by atoms with Crippen molar-refractivity contribution in [1.29, 1.82) is 0 Å². The molecule has 11 nitrogen and oxygen atoms in total. The van der Waals surface area contributed by atoms with Gasteiger partial charge >= 0.3 is 24.2 Å². The Kier molecular flexibility index (Phi) is 12.6. The molecule has 0 aromatic heterocycles. The number of carboxylic acids is 1. The standard InChI is InChI=1S/C31H47NO10/c1-8-30(4,5)41-28(36)39-23-16-15-21(18-24(23)40-29(37)42-31(6,7)9-2)22(25(32)26(33)34)17-19(3)38-27(35)20-13-11-10-12-14-20/h15-16,18-20,22,25H,8-14,17,32H2,1-7H3,(H,33,34)/t19?,22?,25-/m0/s1. The molecule has 0 bridgehead atoms. The molecule has 3 atom stereocenters. The summed E-state index contributed by atoms with van der Waals surface area (Å²) in [4.78, 5) is 49.9. The number of nitrogens with two attached hydrogens (primary N) is 1. The molecule has 2 rings (SSSR count). The molecule has 3 N–H and O–H groups in total. The van der Waals surface area contributed by atoms with E-state index < -0.39 is 47.5 Å². The summed E-state index contributed by atoms with van der Waals surface area (Å²) in [7, 11) is 0. The quantitative estimate of drug-likeness (QED) is 0.146. The Labute approximate surface area is 248 Å². The van der Waals surface area contributed by atoms with Gasteiger partial charge in [-0.3, -0.25) is 9.59 Å². The van der Waals surface area contributed by atoms with Crippen LogP contribution in [0.25, 0.3) is 0 Å². The molecule has 1 aliphatic rings. The van der Waals surface area contributed by atoms with Crippen LogP contribution < -0.4 is 15.2 Å². The smallest absolute Gasteiger partial charge is 0.480 e. The highest BCUT2D eigenvalue weighted by Crippen LogP contribution is 2.36. The van der Waals surface area contributed by atoms with Crippen LogP contribution in [0.2, 0.25) is 0 Å². The predicted molar refractivity (Wildman–Crippen MR) is 154 cm³/mol. The number of ether oxygens (including phenoxy) is 5. The molecule has 2 unspecified atom stereocenters. The first-order valence-electron chi connectivity index (χ1n) is 14.7. The van der Waals surface area contributed by atoms with Gasteiger partial charge in [-0.2, -0.15) is 0 Å². The van der Waals surface area contributed by atoms with Gasteiger partial charge < -0.3 is 34.5 Å². The molecule has 1 aromatic carbocycles. The monoisotopic (exact) mass is 593 g/mol. The number of aliphatic carboxylic acids is 1. The van der Waals surface area contributed by atoms with Crippen molar-refractivity contribution >= 4 is 24.2 Å². The Bertz CT molecular complexity index is 1090. The molecule has 236 valence electrons. The van der Waals surface area contributed by atoms with Crippen molar-refractivity contribution in [2.45, 2.75) is 129 Å². The van der Waals surface area contributed by atoms with Gasteiger partial charge in [-0.1, -0.05) is 39.2 Å². The number of rotatable bonds is 13. The van der Waals surface area contributed by atoms with Crippen LogP contribution in [0.5, 0.6) is 11.5 Å². The van der Waals surface area contributed by atoms with E-state index in [4.69, 9.17) is 29.4 Å². The van der Waals surface area contributed by atoms with E-state index in [2.05, 4.69) is 0 Å². The summed E-state index contributed by atoms with van der Waals surface area (Å²) in [6, 6.07) is 2.88. The van der Waals surface area contributed by atoms with Crippen molar-refractivity contribution < 1.29 is 48.0 Å². The summed E-state index contributed by atoms with van der Waals surface area (Å²) < 4.78 is 27.3. The molecule has 0 amide bonds. The second kappa shape index (κ2) is 15.2. The summed E-state index contributed by atoms with van der Waals surface area (Å²) in [6.07, 6.45) is 3.02. The van der Waals surface area contributed by atoms with Gasteiger partial charge in [0.05, 0.1) is 12.0 Å². The van der Waals surface area contributed by atoms with Gasteiger partial charge in [0.25, 0.3) is 0 Å². The lowest BCUT2D eigenvalue weighted by Crippen LogP contribution is -2.38. The van der Waals surface area contributed by atoms with Crippen LogP contribution in [0.3, 0.4) is 0 Å². The number of carbonyl (C=O) groups excluding carboxylic acids is 3. The first-order chi connectivity index (χ1) is 19.6. The van der Waals surface area contributed by atoms with Gasteiger partial charge in [-0.15, -0.1) is 0 Å². The second-order valence-corrected chi connectivity index (χ2v) is 12.1. The number of hydrogen-bond donors (Lipinski definition) is 2. The molecule has 1 aromatic rings. The Balaban J connectivity index is 2.38. The lowest BCUT2D eigenvalue weighted by Gasteiger charge is -2.27. The number of esters is 1. The van der Waals surface area contributed by atoms with Crippen molar-refractivity contribution in [3.05, 3.63) is 23.8 Å². The normalized spacial score (nSPS) is 16.5. The second-order valence-electron chi connectivity index (χ2n) is 12.1. The van der Waals surface area contributed by atoms with Gasteiger partial charge in [0, 0.05) is 5.92 Å². The zero-order valence-electron chi connectivity index (χ0n) is 25.9. The average Bonchev–Trinajstić information content (AvgIpc) is 2.92. The first kappa shape index (κ1) is 34.9. The molecule has 0 heterocycles. The maximum absolute atomic E-state index is 12.7. The Morgan fingerprint density at radius 2 is 1.43 bits per heavy atom. The van der Waals surface area contributed by atoms with E-state index in [0.717, 1.165) is 32.1 Å². The minimum Gasteiger partial charge on any atom is -0.480 e. The van der Waals surface area contributed by atoms with Crippen molar-refractivity contribution in [3.8, 4) is 11.5 Å². The number of carbonyl (C=O) groups is 4. The molecular formula is C31H47NO10. The van der Waals surface area contributed by atoms with Crippen LogP contribution in [-0.2, 0) is 23.8 Å². The fourth-order valence-corrected chi connectivity index (χ4v) is 4.44. The number of carboxylic acid groups (broad SMARTS) is 1. The van der Waals surface area contributed by atoms with Crippen molar-refractivity contribution in [2.24, 2.45) is 11.7 Å². The molecule has 42 heavy (non-hydrogen) atoms. The first-order valence-corrected chi connectivity index (χ1v) is 14.7. The van der Waals surface area contributed by atoms with Crippen molar-refractivity contribution in [2.75, 3.05) is 0 Å². The van der Waals surface area contributed by atoms with Gasteiger partial charge in [0.15, 0.2) is 11.5 Å². The molecule has 0 saturated heterocycles. The summed E-state index contributed by atoms with van der Waals surface area (Å²) in [6.45, 7) is 12.2. The maximum Gasteiger partial charge on any atom is 0.514 e. The zero-order chi connectivity index (χ0) is 31.7. The molecule has 1 fully saturated rings. The summed E-state index contributed by atoms with van der Waals surface area (Å²) in [5.41, 5.74) is 4.84. The van der Waals surface area contributed by atoms with E-state index >= 15 is 0 Å². The molecule has 0 aliphatic heterocycles. The molecule has 0 spiro atoms. The lowest BCUT2D eigenvalue weighted by atomic mass is 9.86. The molecular weight excluding hydrogens is 546 g/mol. The van der Waals surface area contributed by atoms with Crippen LogP contribution in [0.1, 0.15) is 111 Å². The third-order valence-electron chi connectivity index (χ3n) is 7.76. The zero-order valence-corrected chi connectivity index (χ0v) is 25.9. The number of hydrogen-bond acceptors (Lipinski definition) is 10. The molecule has 0 radical (unpaired) electrons. The lowest BCUT2D eigenvalue weighted by molar-refractivity contribution is -0.155. The van der Waals surface area contributed by atoms with E-state index in [-0.39, 0.29) is 29.8 Å². The van der Waals surface area contributed by atoms with E-state index in [1.54, 1.807) is 34.6 Å². The van der Waals surface area contributed by atoms with Gasteiger partial charge in [-0.25, -0.2) is 9.59 Å². The SMILES string of the molecule is CCC(C)(C)OC(=O)Oc1ccc(C(CC(C)OC(=O)C2CCCCC2)[C@H](N)C(=O)O)cc1OC(=O)OC(C)(C)CC. The topological polar surface area (TPSA) is 161 Å². The van der Waals surface area contributed by atoms with Crippen molar-refractivity contribution in [3.63, 3.8) is 0 Å². The van der Waals surface area contributed by atoms with Gasteiger partial charge in [-0.05, 0) is 84.4 Å². The Morgan fingerprint density at radius 1 is 0.905 bits per heavy atom. The van der Waals surface area contributed by atoms with Crippen molar-refractivity contribution in [1.82, 2.24) is 0 Å². The van der Waals surface area contributed by atoms with Crippen LogP contribution in [0.15, 0.2) is 18.2 Å². The molecule has 1 saturated carbocycles. The highest BCUT2D eigenvalue weighted by atomic mass is 16.8. The third-order valence-corrected chi connectivity index (χ3v) is 7.76. The van der Waals surface area contributed by atoms with Gasteiger partial charge in [0.2, 0.25) is 0 Å². The minimum absolute atomic E-state index is 0.0889. The maximum atomic E-state index is 12.7. The van der Waals surface area contributed by atoms with Gasteiger partial charge in [0.1, 0.15) is 17.2 Å². The van der Waals surface area contributed by atoms with Crippen LogP contribution >= 0.6 is 0 Å². The molecule has 1 aliphatic carbocycles. The fraction of sp³-hybridized carbons (Fsp3) is 0.677. The van der Waals surface area contributed by atoms with Crippen LogP contribution in [0.4, 0.5) is 9.59 Å². The minimum atomic E-state index is -1.37. The third kappa shape index (κ3) is 10.8. The fourth-order valence-electron chi connectivity index (χ4n) is 4.44. The van der Waals surface area contributed by atoms with E-state index in [9.17, 15) is 24.3 Å². The van der Waals surface area contributed by atoms with E-state index in [0.29, 0.717) is 18.4 Å². The van der Waals surface area contributed by atoms with Crippen LogP contribution in [-0.4, -0.2) is 52.7 Å². The predicted octanol–water partition coefficient (Wildman–Crippen LogP) is 6.49. The Hall–Kier alpha value is -3.34. The Morgan fingerprint density at radius 3 is 1.93 bits per heavy atom. The largest absolute Gasteiger partial charge is 0.514 e. The number of benzene rings is 1. The highest BCUT2D eigenvalue weighted by Gasteiger charge is 2.32. The average molecular weight is 594 g/mol. The molecule has 11 heteroatoms. The summed E-state index contributed by atoms with van der Waals surface area (Å²) in [5, 5.41) is 9.76. The van der Waals surface area contributed by atoms with E-state index in [1.165, 1.54) is 18.2 Å². The van der Waals surface area contributed by atoms with E-state index in [1.807, 2.05) is 13.8 Å². The summed E-state index contributed by atoms with van der Waals surface area (Å²) in [5.74, 6) is -2.90. The highest BCUT2D eigenvalue weighted by molar-refractivity contribution is 5.75. The van der Waals surface area contributed by atoms with Crippen LogP contribution in [0, 0.1) is 5.92 Å². The summed E-state index contributed by atoms with van der Waals surface area (Å²) >= 11 is 0.